The van der Waals surface area contributed by atoms with Gasteiger partial charge in [0.1, 0.15) is 26.4 Å². The lowest BCUT2D eigenvalue weighted by Crippen LogP contribution is -2.06. The van der Waals surface area contributed by atoms with E-state index in [-0.39, 0.29) is 26.4 Å². The molecule has 0 bridgehead atoms. The Morgan fingerprint density at radius 1 is 0.818 bits per heavy atom. The molecule has 6 nitrogen and oxygen atoms in total. The highest BCUT2D eigenvalue weighted by molar-refractivity contribution is 5.68. The van der Waals surface area contributed by atoms with Gasteiger partial charge in [0.2, 0.25) is 0 Å². The van der Waals surface area contributed by atoms with Crippen LogP contribution in [0.4, 0.5) is 0 Å². The molecule has 22 heavy (non-hydrogen) atoms. The van der Waals surface area contributed by atoms with Crippen LogP contribution in [0.1, 0.15) is 11.1 Å². The van der Waals surface area contributed by atoms with Crippen LogP contribution in [0, 0.1) is 23.7 Å². The fraction of sp³-hybridized carbons (Fsp3) is 0.250. The summed E-state index contributed by atoms with van der Waals surface area (Å²) in [5, 5.41) is 16.7. The van der Waals surface area contributed by atoms with Crippen LogP contribution < -0.4 is 0 Å². The minimum atomic E-state index is -1.03. The van der Waals surface area contributed by atoms with E-state index in [4.69, 9.17) is 19.7 Å². The molecule has 0 fully saturated rings. The Kier molecular flexibility index (Phi) is 7.84. The van der Waals surface area contributed by atoms with Crippen LogP contribution >= 0.6 is 0 Å². The van der Waals surface area contributed by atoms with Gasteiger partial charge in [0.15, 0.2) is 0 Å². The van der Waals surface area contributed by atoms with E-state index in [9.17, 15) is 9.59 Å². The van der Waals surface area contributed by atoms with Gasteiger partial charge in [0, 0.05) is 11.1 Å². The van der Waals surface area contributed by atoms with Crippen molar-refractivity contribution >= 4 is 11.9 Å². The van der Waals surface area contributed by atoms with Crippen molar-refractivity contribution in [1.82, 2.24) is 0 Å². The first-order valence-corrected chi connectivity index (χ1v) is 6.25. The minimum Gasteiger partial charge on any atom is -0.480 e. The van der Waals surface area contributed by atoms with Crippen LogP contribution in [0.3, 0.4) is 0 Å². The third kappa shape index (κ3) is 8.39. The highest BCUT2D eigenvalue weighted by Gasteiger charge is 1.94. The molecule has 0 unspecified atom stereocenters. The summed E-state index contributed by atoms with van der Waals surface area (Å²) in [6, 6.07) is 7.08. The predicted octanol–water partition coefficient (Wildman–Crippen LogP) is 0.592. The molecular formula is C16H14O6. The van der Waals surface area contributed by atoms with Crippen LogP contribution in [-0.4, -0.2) is 48.6 Å². The lowest BCUT2D eigenvalue weighted by molar-refractivity contribution is -0.142. The van der Waals surface area contributed by atoms with Crippen molar-refractivity contribution in [2.24, 2.45) is 0 Å². The normalized spacial score (nSPS) is 9.09. The van der Waals surface area contributed by atoms with E-state index < -0.39 is 11.9 Å². The van der Waals surface area contributed by atoms with Gasteiger partial charge in [0.05, 0.1) is 0 Å². The Morgan fingerprint density at radius 3 is 1.50 bits per heavy atom. The van der Waals surface area contributed by atoms with Gasteiger partial charge < -0.3 is 19.7 Å². The highest BCUT2D eigenvalue weighted by Crippen LogP contribution is 2.01. The zero-order valence-electron chi connectivity index (χ0n) is 11.7. The van der Waals surface area contributed by atoms with Gasteiger partial charge in [-0.05, 0) is 24.3 Å². The smallest absolute Gasteiger partial charge is 0.329 e. The van der Waals surface area contributed by atoms with Crippen LogP contribution in [0.25, 0.3) is 0 Å². The average Bonchev–Trinajstić information content (AvgIpc) is 2.47. The number of rotatable bonds is 6. The molecule has 0 saturated carbocycles. The van der Waals surface area contributed by atoms with Crippen LogP contribution in [0.2, 0.25) is 0 Å². The molecule has 0 heterocycles. The Morgan fingerprint density at radius 2 is 1.18 bits per heavy atom. The van der Waals surface area contributed by atoms with E-state index in [0.717, 1.165) is 11.1 Å². The topological polar surface area (TPSA) is 93.1 Å². The maximum Gasteiger partial charge on any atom is 0.329 e. The van der Waals surface area contributed by atoms with Crippen LogP contribution in [-0.2, 0) is 19.1 Å². The number of carboxylic acid groups (broad SMARTS) is 2. The van der Waals surface area contributed by atoms with E-state index >= 15 is 0 Å². The summed E-state index contributed by atoms with van der Waals surface area (Å²) in [4.78, 5) is 20.4. The van der Waals surface area contributed by atoms with Crippen LogP contribution in [0.5, 0.6) is 0 Å². The molecule has 0 atom stereocenters. The molecule has 0 saturated heterocycles. The molecule has 2 N–H and O–H groups in total. The van der Waals surface area contributed by atoms with E-state index in [1.54, 1.807) is 24.3 Å². The van der Waals surface area contributed by atoms with Crippen molar-refractivity contribution in [3.63, 3.8) is 0 Å². The molecule has 114 valence electrons. The van der Waals surface area contributed by atoms with Gasteiger partial charge in [-0.25, -0.2) is 9.59 Å². The molecule has 0 radical (unpaired) electrons. The summed E-state index contributed by atoms with van der Waals surface area (Å²) in [6.07, 6.45) is 0. The minimum absolute atomic E-state index is 0.0504. The Labute approximate surface area is 127 Å². The molecule has 1 aromatic rings. The number of carbonyl (C=O) groups is 2. The fourth-order valence-corrected chi connectivity index (χ4v) is 1.29. The van der Waals surface area contributed by atoms with Gasteiger partial charge in [0.25, 0.3) is 0 Å². The fourth-order valence-electron chi connectivity index (χ4n) is 1.29. The Balaban J connectivity index is 2.40. The second kappa shape index (κ2) is 10.0. The van der Waals surface area contributed by atoms with Crippen molar-refractivity contribution in [2.45, 2.75) is 0 Å². The van der Waals surface area contributed by atoms with Crippen molar-refractivity contribution in [1.29, 1.82) is 0 Å². The zero-order valence-corrected chi connectivity index (χ0v) is 11.7. The number of carboxylic acids is 2. The zero-order chi connectivity index (χ0) is 16.2. The van der Waals surface area contributed by atoms with Gasteiger partial charge in [-0.1, -0.05) is 23.7 Å². The first-order chi connectivity index (χ1) is 10.6. The number of hydrogen-bond donors (Lipinski definition) is 2. The molecule has 0 aliphatic carbocycles. The third-order valence-corrected chi connectivity index (χ3v) is 2.15. The molecule has 0 aliphatic heterocycles. The van der Waals surface area contributed by atoms with E-state index in [1.165, 1.54) is 0 Å². The summed E-state index contributed by atoms with van der Waals surface area (Å²) in [7, 11) is 0. The molecule has 6 heteroatoms. The maximum absolute atomic E-state index is 10.2. The number of ether oxygens (including phenoxy) is 2. The largest absolute Gasteiger partial charge is 0.480 e. The summed E-state index contributed by atoms with van der Waals surface area (Å²) in [5.74, 6) is 9.00. The number of hydrogen-bond acceptors (Lipinski definition) is 4. The van der Waals surface area contributed by atoms with Gasteiger partial charge in [-0.2, -0.15) is 0 Å². The second-order valence-electron chi connectivity index (χ2n) is 3.95. The van der Waals surface area contributed by atoms with E-state index in [1.807, 2.05) is 0 Å². The second-order valence-corrected chi connectivity index (χ2v) is 3.95. The third-order valence-electron chi connectivity index (χ3n) is 2.15. The van der Waals surface area contributed by atoms with Gasteiger partial charge in [-0.15, -0.1) is 0 Å². The summed E-state index contributed by atoms with van der Waals surface area (Å²) >= 11 is 0. The number of benzene rings is 1. The quantitative estimate of drug-likeness (QED) is 0.590. The first kappa shape index (κ1) is 17.3. The van der Waals surface area contributed by atoms with E-state index in [0.29, 0.717) is 0 Å². The predicted molar refractivity (Wildman–Crippen MR) is 77.1 cm³/mol. The molecule has 0 aromatic heterocycles. The lowest BCUT2D eigenvalue weighted by Gasteiger charge is -1.94. The maximum atomic E-state index is 10.2. The average molecular weight is 302 g/mol. The Hall–Kier alpha value is -2.80. The Bertz CT molecular complexity index is 568. The summed E-state index contributed by atoms with van der Waals surface area (Å²) in [5.41, 5.74) is 1.51. The molecule has 1 rings (SSSR count). The first-order valence-electron chi connectivity index (χ1n) is 6.25. The molecule has 0 aliphatic rings. The molecule has 1 aromatic carbocycles. The van der Waals surface area contributed by atoms with Crippen molar-refractivity contribution in [3.05, 3.63) is 35.4 Å². The van der Waals surface area contributed by atoms with Crippen molar-refractivity contribution in [3.8, 4) is 23.7 Å². The van der Waals surface area contributed by atoms with Crippen molar-refractivity contribution < 1.29 is 29.3 Å². The van der Waals surface area contributed by atoms with Gasteiger partial charge >= 0.3 is 11.9 Å². The lowest BCUT2D eigenvalue weighted by atomic mass is 10.1. The number of aliphatic carboxylic acids is 2. The summed E-state index contributed by atoms with van der Waals surface area (Å²) in [6.45, 7) is -0.635. The summed E-state index contributed by atoms with van der Waals surface area (Å²) < 4.78 is 9.56. The van der Waals surface area contributed by atoms with Gasteiger partial charge in [-0.3, -0.25) is 0 Å². The monoisotopic (exact) mass is 302 g/mol. The molecule has 0 spiro atoms. The standard InChI is InChI=1S/C16H14O6/c17-15(18)11-21-9-1-3-13-5-7-14(8-6-13)4-2-10-22-12-16(19)20/h5-8H,9-12H2,(H,17,18)(H,19,20). The van der Waals surface area contributed by atoms with E-state index in [2.05, 4.69) is 23.7 Å². The SMILES string of the molecule is O=C(O)COCC#Cc1ccc(C#CCOCC(=O)O)cc1. The van der Waals surface area contributed by atoms with Crippen LogP contribution in [0.15, 0.2) is 24.3 Å². The highest BCUT2D eigenvalue weighted by atomic mass is 16.5. The van der Waals surface area contributed by atoms with Crippen molar-refractivity contribution in [2.75, 3.05) is 26.4 Å². The molecule has 0 amide bonds. The molecular weight excluding hydrogens is 288 g/mol.